The van der Waals surface area contributed by atoms with Crippen LogP contribution >= 0.6 is 0 Å². The lowest BCUT2D eigenvalue weighted by Crippen LogP contribution is -2.49. The first-order chi connectivity index (χ1) is 10.1. The monoisotopic (exact) mass is 294 g/mol. The first-order valence-electron chi connectivity index (χ1n) is 7.94. The van der Waals surface area contributed by atoms with Gasteiger partial charge in [-0.25, -0.2) is 0 Å². The topological polar surface area (TPSA) is 94.0 Å². The average Bonchev–Trinajstić information content (AvgIpc) is 3.24. The highest BCUT2D eigenvalue weighted by molar-refractivity contribution is 5.75. The van der Waals surface area contributed by atoms with Crippen molar-refractivity contribution in [1.29, 1.82) is 0 Å². The molecule has 1 saturated carbocycles. The van der Waals surface area contributed by atoms with Crippen LogP contribution in [0, 0.1) is 0 Å². The Labute approximate surface area is 125 Å². The number of carbonyl (C=O) groups is 1. The van der Waals surface area contributed by atoms with Crippen LogP contribution in [0.2, 0.25) is 0 Å². The van der Waals surface area contributed by atoms with Crippen LogP contribution in [0.15, 0.2) is 4.52 Å². The summed E-state index contributed by atoms with van der Waals surface area (Å²) in [5, 5.41) is 6.88. The molecule has 0 atom stereocenters. The summed E-state index contributed by atoms with van der Waals surface area (Å²) in [4.78, 5) is 16.2. The summed E-state index contributed by atoms with van der Waals surface area (Å²) in [6, 6.07) is 0. The first-order valence-corrected chi connectivity index (χ1v) is 7.94. The van der Waals surface area contributed by atoms with Gasteiger partial charge in [-0.1, -0.05) is 19.0 Å². The third-order valence-electron chi connectivity index (χ3n) is 4.27. The molecule has 0 unspecified atom stereocenters. The standard InChI is InChI=1S/C15H26N4O2/c1-3-15(16,4-2)10-17-12(20)6-5-7-13-18-14(19-21-13)11-8-9-11/h11H,3-10,16H2,1-2H3,(H,17,20). The Morgan fingerprint density at radius 3 is 2.76 bits per heavy atom. The van der Waals surface area contributed by atoms with Crippen LogP contribution in [0.5, 0.6) is 0 Å². The molecule has 21 heavy (non-hydrogen) atoms. The third kappa shape index (κ3) is 4.81. The minimum absolute atomic E-state index is 0.0358. The fourth-order valence-corrected chi connectivity index (χ4v) is 2.14. The number of aromatic nitrogens is 2. The van der Waals surface area contributed by atoms with Crippen molar-refractivity contribution >= 4 is 5.91 Å². The van der Waals surface area contributed by atoms with E-state index in [0.29, 0.717) is 37.6 Å². The lowest BCUT2D eigenvalue weighted by atomic mass is 9.94. The summed E-state index contributed by atoms with van der Waals surface area (Å²) in [6.45, 7) is 4.62. The number of aryl methyl sites for hydroxylation is 1. The molecule has 1 fully saturated rings. The van der Waals surface area contributed by atoms with Gasteiger partial charge in [-0.2, -0.15) is 4.98 Å². The van der Waals surface area contributed by atoms with Crippen molar-refractivity contribution in [2.24, 2.45) is 5.73 Å². The summed E-state index contributed by atoms with van der Waals surface area (Å²) in [5.74, 6) is 2.01. The lowest BCUT2D eigenvalue weighted by molar-refractivity contribution is -0.121. The molecule has 0 saturated heterocycles. The zero-order valence-electron chi connectivity index (χ0n) is 13.0. The number of amides is 1. The minimum atomic E-state index is -0.290. The molecule has 1 aromatic heterocycles. The summed E-state index contributed by atoms with van der Waals surface area (Å²) >= 11 is 0. The molecular formula is C15H26N4O2. The maximum Gasteiger partial charge on any atom is 0.226 e. The van der Waals surface area contributed by atoms with Gasteiger partial charge in [-0.15, -0.1) is 0 Å². The van der Waals surface area contributed by atoms with Gasteiger partial charge in [-0.3, -0.25) is 4.79 Å². The molecule has 0 bridgehead atoms. The smallest absolute Gasteiger partial charge is 0.226 e. The Morgan fingerprint density at radius 2 is 2.14 bits per heavy atom. The van der Waals surface area contributed by atoms with Crippen molar-refractivity contribution in [3.8, 4) is 0 Å². The lowest BCUT2D eigenvalue weighted by Gasteiger charge is -2.26. The molecule has 0 aliphatic heterocycles. The molecule has 1 amide bonds. The average molecular weight is 294 g/mol. The molecule has 118 valence electrons. The maximum absolute atomic E-state index is 11.8. The summed E-state index contributed by atoms with van der Waals surface area (Å²) in [6.07, 6.45) is 5.88. The molecule has 1 heterocycles. The van der Waals surface area contributed by atoms with E-state index in [2.05, 4.69) is 15.5 Å². The fourth-order valence-electron chi connectivity index (χ4n) is 2.14. The van der Waals surface area contributed by atoms with Gasteiger partial charge in [0.25, 0.3) is 0 Å². The molecule has 0 radical (unpaired) electrons. The van der Waals surface area contributed by atoms with E-state index in [4.69, 9.17) is 10.3 Å². The van der Waals surface area contributed by atoms with Crippen molar-refractivity contribution < 1.29 is 9.32 Å². The quantitative estimate of drug-likeness (QED) is 0.725. The summed E-state index contributed by atoms with van der Waals surface area (Å²) < 4.78 is 5.18. The second-order valence-electron chi connectivity index (χ2n) is 6.02. The molecule has 1 aliphatic carbocycles. The number of nitrogens with zero attached hydrogens (tertiary/aromatic N) is 2. The van der Waals surface area contributed by atoms with Crippen molar-refractivity contribution in [1.82, 2.24) is 15.5 Å². The maximum atomic E-state index is 11.8. The molecule has 1 aromatic rings. The Balaban J connectivity index is 1.64. The van der Waals surface area contributed by atoms with Crippen LogP contribution in [-0.4, -0.2) is 28.1 Å². The summed E-state index contributed by atoms with van der Waals surface area (Å²) in [5.41, 5.74) is 5.86. The molecular weight excluding hydrogens is 268 g/mol. The van der Waals surface area contributed by atoms with Gasteiger partial charge in [0.1, 0.15) is 0 Å². The Bertz CT molecular complexity index is 464. The third-order valence-corrected chi connectivity index (χ3v) is 4.27. The van der Waals surface area contributed by atoms with Crippen LogP contribution in [0.25, 0.3) is 0 Å². The molecule has 0 spiro atoms. The van der Waals surface area contributed by atoms with E-state index < -0.39 is 0 Å². The van der Waals surface area contributed by atoms with E-state index in [1.54, 1.807) is 0 Å². The van der Waals surface area contributed by atoms with Gasteiger partial charge in [0.05, 0.1) is 0 Å². The van der Waals surface area contributed by atoms with E-state index in [1.807, 2.05) is 13.8 Å². The molecule has 6 heteroatoms. The first kappa shape index (κ1) is 15.9. The highest BCUT2D eigenvalue weighted by atomic mass is 16.5. The van der Waals surface area contributed by atoms with E-state index in [1.165, 1.54) is 0 Å². The number of nitrogens with one attached hydrogen (secondary N) is 1. The second-order valence-corrected chi connectivity index (χ2v) is 6.02. The highest BCUT2D eigenvalue weighted by Gasteiger charge is 2.28. The Kier molecular flexibility index (Phi) is 5.33. The number of hydrogen-bond donors (Lipinski definition) is 2. The van der Waals surface area contributed by atoms with Gasteiger partial charge in [0, 0.05) is 30.8 Å². The van der Waals surface area contributed by atoms with E-state index in [0.717, 1.165) is 31.5 Å². The van der Waals surface area contributed by atoms with Crippen molar-refractivity contribution in [2.75, 3.05) is 6.54 Å². The Morgan fingerprint density at radius 1 is 1.43 bits per heavy atom. The summed E-state index contributed by atoms with van der Waals surface area (Å²) in [7, 11) is 0. The van der Waals surface area contributed by atoms with Gasteiger partial charge < -0.3 is 15.6 Å². The predicted molar refractivity (Wildman–Crippen MR) is 79.7 cm³/mol. The zero-order valence-corrected chi connectivity index (χ0v) is 13.0. The number of nitrogens with two attached hydrogens (primary N) is 1. The van der Waals surface area contributed by atoms with Gasteiger partial charge in [0.2, 0.25) is 11.8 Å². The van der Waals surface area contributed by atoms with E-state index in [9.17, 15) is 4.79 Å². The van der Waals surface area contributed by atoms with Crippen LogP contribution in [0.3, 0.4) is 0 Å². The minimum Gasteiger partial charge on any atom is -0.354 e. The van der Waals surface area contributed by atoms with Crippen molar-refractivity contribution in [3.05, 3.63) is 11.7 Å². The number of carbonyl (C=O) groups excluding carboxylic acids is 1. The van der Waals surface area contributed by atoms with Gasteiger partial charge in [0.15, 0.2) is 5.82 Å². The van der Waals surface area contributed by atoms with Gasteiger partial charge in [-0.05, 0) is 32.1 Å². The van der Waals surface area contributed by atoms with Crippen molar-refractivity contribution in [3.63, 3.8) is 0 Å². The SMILES string of the molecule is CCC(N)(CC)CNC(=O)CCCc1nc(C2CC2)no1. The van der Waals surface area contributed by atoms with Crippen molar-refractivity contribution in [2.45, 2.75) is 70.3 Å². The van der Waals surface area contributed by atoms with Crippen LogP contribution in [0.1, 0.15) is 70.0 Å². The van der Waals surface area contributed by atoms with Crippen LogP contribution in [0.4, 0.5) is 0 Å². The predicted octanol–water partition coefficient (Wildman–Crippen LogP) is 1.90. The molecule has 1 aliphatic rings. The van der Waals surface area contributed by atoms with E-state index >= 15 is 0 Å². The molecule has 2 rings (SSSR count). The number of rotatable bonds is 9. The van der Waals surface area contributed by atoms with Gasteiger partial charge >= 0.3 is 0 Å². The van der Waals surface area contributed by atoms with Crippen LogP contribution < -0.4 is 11.1 Å². The highest BCUT2D eigenvalue weighted by Crippen LogP contribution is 2.38. The fraction of sp³-hybridized carbons (Fsp3) is 0.800. The second kappa shape index (κ2) is 7.02. The zero-order chi connectivity index (χ0) is 15.3. The molecule has 6 nitrogen and oxygen atoms in total. The number of hydrogen-bond acceptors (Lipinski definition) is 5. The largest absolute Gasteiger partial charge is 0.354 e. The van der Waals surface area contributed by atoms with Crippen LogP contribution in [-0.2, 0) is 11.2 Å². The normalized spacial score (nSPS) is 15.2. The molecule has 3 N–H and O–H groups in total. The Hall–Kier alpha value is -1.43. The molecule has 0 aromatic carbocycles. The van der Waals surface area contributed by atoms with E-state index in [-0.39, 0.29) is 11.4 Å².